The van der Waals surface area contributed by atoms with Gasteiger partial charge in [0.25, 0.3) is 5.91 Å². The van der Waals surface area contributed by atoms with Crippen molar-refractivity contribution in [1.29, 1.82) is 0 Å². The molecule has 0 aliphatic carbocycles. The number of rotatable bonds is 8. The number of carbonyl (C=O) groups excluding carboxylic acids is 3. The number of benzene rings is 1. The quantitative estimate of drug-likeness (QED) is 0.598. The summed E-state index contributed by atoms with van der Waals surface area (Å²) in [6, 6.07) is 5.82. The van der Waals surface area contributed by atoms with Crippen molar-refractivity contribution in [2.45, 2.75) is 38.6 Å². The van der Waals surface area contributed by atoms with Crippen LogP contribution in [0.1, 0.15) is 32.8 Å². The van der Waals surface area contributed by atoms with Crippen molar-refractivity contribution in [3.63, 3.8) is 0 Å². The molecule has 8 heteroatoms. The van der Waals surface area contributed by atoms with E-state index in [1.165, 1.54) is 11.8 Å². The van der Waals surface area contributed by atoms with Crippen LogP contribution in [-0.2, 0) is 19.7 Å². The second-order valence-corrected chi connectivity index (χ2v) is 7.81. The second-order valence-electron chi connectivity index (χ2n) is 6.83. The zero-order chi connectivity index (χ0) is 19.7. The van der Waals surface area contributed by atoms with Crippen LogP contribution in [0.15, 0.2) is 24.3 Å². The zero-order valence-corrected chi connectivity index (χ0v) is 16.4. The molecule has 0 aromatic heterocycles. The Labute approximate surface area is 158 Å². The minimum atomic E-state index is -0.862. The smallest absolute Gasteiger partial charge is 0.329 e. The summed E-state index contributed by atoms with van der Waals surface area (Å²) in [6.07, 6.45) is 2.25. The van der Waals surface area contributed by atoms with Gasteiger partial charge >= 0.3 is 12.0 Å². The summed E-state index contributed by atoms with van der Waals surface area (Å²) in [7, 11) is 0. The Morgan fingerprint density at radius 2 is 1.81 bits per heavy atom. The summed E-state index contributed by atoms with van der Waals surface area (Å²) in [4.78, 5) is 34.9. The van der Waals surface area contributed by atoms with E-state index in [0.717, 1.165) is 5.56 Å². The molecule has 0 saturated heterocycles. The SMILES string of the molecule is CSCC[C@@H](NC(N)=O)C(=O)OCC(=O)Nc1ccc(C(C)(C)C)cc1. The number of amides is 3. The lowest BCUT2D eigenvalue weighted by Gasteiger charge is -2.19. The maximum atomic E-state index is 12.0. The number of ether oxygens (including phenoxy) is 1. The normalized spacial score (nSPS) is 12.2. The fourth-order valence-electron chi connectivity index (χ4n) is 2.14. The predicted molar refractivity (Wildman–Crippen MR) is 104 cm³/mol. The number of carbonyl (C=O) groups is 3. The average molecular weight is 381 g/mol. The molecule has 1 aromatic rings. The van der Waals surface area contributed by atoms with Gasteiger partial charge in [0.1, 0.15) is 6.04 Å². The van der Waals surface area contributed by atoms with Gasteiger partial charge < -0.3 is 21.1 Å². The largest absolute Gasteiger partial charge is 0.454 e. The molecule has 4 N–H and O–H groups in total. The van der Waals surface area contributed by atoms with Crippen molar-refractivity contribution in [1.82, 2.24) is 5.32 Å². The Hall–Kier alpha value is -2.22. The third kappa shape index (κ3) is 7.77. The highest BCUT2D eigenvalue weighted by Gasteiger charge is 2.22. The van der Waals surface area contributed by atoms with E-state index in [4.69, 9.17) is 10.5 Å². The van der Waals surface area contributed by atoms with Crippen LogP contribution in [0.25, 0.3) is 0 Å². The van der Waals surface area contributed by atoms with Crippen LogP contribution >= 0.6 is 11.8 Å². The summed E-state index contributed by atoms with van der Waals surface area (Å²) in [5, 5.41) is 4.99. The molecule has 3 amide bonds. The van der Waals surface area contributed by atoms with Crippen molar-refractivity contribution in [2.75, 3.05) is 23.9 Å². The molecule has 1 atom stereocenters. The van der Waals surface area contributed by atoms with Gasteiger partial charge in [0.05, 0.1) is 0 Å². The molecule has 1 aromatic carbocycles. The molecule has 7 nitrogen and oxygen atoms in total. The van der Waals surface area contributed by atoms with E-state index >= 15 is 0 Å². The topological polar surface area (TPSA) is 111 Å². The number of thioether (sulfide) groups is 1. The van der Waals surface area contributed by atoms with Crippen LogP contribution < -0.4 is 16.4 Å². The van der Waals surface area contributed by atoms with Crippen molar-refractivity contribution in [2.24, 2.45) is 5.73 Å². The summed E-state index contributed by atoms with van der Waals surface area (Å²) >= 11 is 1.52. The van der Waals surface area contributed by atoms with Crippen LogP contribution in [0.3, 0.4) is 0 Å². The number of nitrogens with one attached hydrogen (secondary N) is 2. The Balaban J connectivity index is 2.53. The third-order valence-electron chi connectivity index (χ3n) is 3.59. The highest BCUT2D eigenvalue weighted by molar-refractivity contribution is 7.98. The number of esters is 1. The first kappa shape index (κ1) is 21.8. The fraction of sp³-hybridized carbons (Fsp3) is 0.500. The molecule has 0 radical (unpaired) electrons. The van der Waals surface area contributed by atoms with Crippen LogP contribution in [0, 0.1) is 0 Å². The lowest BCUT2D eigenvalue weighted by Crippen LogP contribution is -2.45. The first-order valence-electron chi connectivity index (χ1n) is 8.25. The van der Waals surface area contributed by atoms with Gasteiger partial charge in [-0.1, -0.05) is 32.9 Å². The molecule has 26 heavy (non-hydrogen) atoms. The monoisotopic (exact) mass is 381 g/mol. The Morgan fingerprint density at radius 1 is 1.19 bits per heavy atom. The second kappa shape index (κ2) is 10.1. The van der Waals surface area contributed by atoms with E-state index in [-0.39, 0.29) is 5.41 Å². The molecule has 0 aliphatic heterocycles. The maximum absolute atomic E-state index is 12.0. The van der Waals surface area contributed by atoms with E-state index in [1.807, 2.05) is 18.4 Å². The summed E-state index contributed by atoms with van der Waals surface area (Å²) in [5.41, 5.74) is 6.85. The average Bonchev–Trinajstić information content (AvgIpc) is 2.55. The number of urea groups is 1. The third-order valence-corrected chi connectivity index (χ3v) is 4.24. The molecule has 0 heterocycles. The van der Waals surface area contributed by atoms with E-state index < -0.39 is 30.6 Å². The minimum absolute atomic E-state index is 0.0251. The van der Waals surface area contributed by atoms with Crippen LogP contribution in [0.2, 0.25) is 0 Å². The molecular formula is C18H27N3O4S. The Kier molecular flexibility index (Phi) is 8.44. The lowest BCUT2D eigenvalue weighted by atomic mass is 9.87. The van der Waals surface area contributed by atoms with Crippen LogP contribution in [0.4, 0.5) is 10.5 Å². The van der Waals surface area contributed by atoms with Gasteiger partial charge in [-0.15, -0.1) is 0 Å². The van der Waals surface area contributed by atoms with Crippen molar-refractivity contribution in [3.8, 4) is 0 Å². The number of hydrogen-bond acceptors (Lipinski definition) is 5. The van der Waals surface area contributed by atoms with Gasteiger partial charge in [-0.05, 0) is 41.5 Å². The molecule has 0 unspecified atom stereocenters. The molecule has 144 valence electrons. The first-order valence-corrected chi connectivity index (χ1v) is 9.65. The van der Waals surface area contributed by atoms with Gasteiger partial charge in [-0.3, -0.25) is 4.79 Å². The van der Waals surface area contributed by atoms with Gasteiger partial charge in [-0.25, -0.2) is 9.59 Å². The Morgan fingerprint density at radius 3 is 2.31 bits per heavy atom. The minimum Gasteiger partial charge on any atom is -0.454 e. The highest BCUT2D eigenvalue weighted by atomic mass is 32.2. The molecule has 0 spiro atoms. The molecular weight excluding hydrogens is 354 g/mol. The van der Waals surface area contributed by atoms with Crippen molar-refractivity contribution in [3.05, 3.63) is 29.8 Å². The number of nitrogens with two attached hydrogens (primary N) is 1. The number of primary amides is 1. The highest BCUT2D eigenvalue weighted by Crippen LogP contribution is 2.23. The van der Waals surface area contributed by atoms with Crippen molar-refractivity contribution < 1.29 is 19.1 Å². The van der Waals surface area contributed by atoms with E-state index in [2.05, 4.69) is 31.4 Å². The molecule has 0 aliphatic rings. The lowest BCUT2D eigenvalue weighted by molar-refractivity contribution is -0.149. The Bertz CT molecular complexity index is 626. The van der Waals surface area contributed by atoms with Crippen molar-refractivity contribution >= 4 is 35.4 Å². The van der Waals surface area contributed by atoms with Crippen LogP contribution in [-0.4, -0.2) is 42.6 Å². The number of anilines is 1. The van der Waals surface area contributed by atoms with E-state index in [0.29, 0.717) is 17.9 Å². The van der Waals surface area contributed by atoms with E-state index in [9.17, 15) is 14.4 Å². The zero-order valence-electron chi connectivity index (χ0n) is 15.6. The predicted octanol–water partition coefficient (Wildman–Crippen LogP) is 2.26. The summed E-state index contributed by atoms with van der Waals surface area (Å²) in [6.45, 7) is 5.88. The van der Waals surface area contributed by atoms with E-state index in [1.54, 1.807) is 12.1 Å². The standard InChI is InChI=1S/C18H27N3O4S/c1-18(2,3)12-5-7-13(8-6-12)20-15(22)11-25-16(23)14(9-10-26-4)21-17(19)24/h5-8,14H,9-11H2,1-4H3,(H,20,22)(H3,19,21,24)/t14-/m1/s1. The molecule has 0 bridgehead atoms. The molecule has 0 saturated carbocycles. The van der Waals surface area contributed by atoms with Gasteiger partial charge in [0.15, 0.2) is 6.61 Å². The van der Waals surface area contributed by atoms with Gasteiger partial charge in [0, 0.05) is 5.69 Å². The summed E-state index contributed by atoms with van der Waals surface area (Å²) < 4.78 is 4.98. The first-order chi connectivity index (χ1) is 12.1. The van der Waals surface area contributed by atoms with Gasteiger partial charge in [0.2, 0.25) is 0 Å². The number of hydrogen-bond donors (Lipinski definition) is 3. The summed E-state index contributed by atoms with van der Waals surface area (Å²) in [5.74, 6) is -0.493. The van der Waals surface area contributed by atoms with Crippen LogP contribution in [0.5, 0.6) is 0 Å². The maximum Gasteiger partial charge on any atom is 0.329 e. The molecule has 1 rings (SSSR count). The van der Waals surface area contributed by atoms with Gasteiger partial charge in [-0.2, -0.15) is 11.8 Å². The fourth-order valence-corrected chi connectivity index (χ4v) is 2.62. The molecule has 0 fully saturated rings.